The largest absolute Gasteiger partial charge is 0.303 e. The molecule has 0 aliphatic heterocycles. The molecule has 1 atom stereocenters. The van der Waals surface area contributed by atoms with E-state index in [0.29, 0.717) is 6.04 Å². The number of rotatable bonds is 1. The van der Waals surface area contributed by atoms with Gasteiger partial charge in [-0.15, -0.1) is 0 Å². The van der Waals surface area contributed by atoms with Crippen molar-refractivity contribution in [3.8, 4) is 0 Å². The van der Waals surface area contributed by atoms with E-state index < -0.39 is 0 Å². The lowest BCUT2D eigenvalue weighted by Crippen LogP contribution is -2.31. The third-order valence-corrected chi connectivity index (χ3v) is 2.32. The summed E-state index contributed by atoms with van der Waals surface area (Å²) in [5.41, 5.74) is 1.43. The minimum absolute atomic E-state index is 0.661. The first-order valence-corrected chi connectivity index (χ1v) is 4.06. The first-order valence-electron chi connectivity index (χ1n) is 4.06. The van der Waals surface area contributed by atoms with Crippen LogP contribution < -0.4 is 0 Å². The van der Waals surface area contributed by atoms with Crippen LogP contribution in [-0.4, -0.2) is 25.0 Å². The number of hydrogen-bond donors (Lipinski definition) is 0. The van der Waals surface area contributed by atoms with Crippen LogP contribution in [0.2, 0.25) is 0 Å². The molecule has 1 nitrogen and oxygen atoms in total. The maximum atomic E-state index is 4.08. The molecule has 0 amide bonds. The second kappa shape index (κ2) is 3.20. The lowest BCUT2D eigenvalue weighted by Gasteiger charge is -2.30. The molecule has 1 aliphatic carbocycles. The molecule has 1 saturated carbocycles. The second-order valence-electron chi connectivity index (χ2n) is 3.38. The molecular formula is C9H17N. The summed E-state index contributed by atoms with van der Waals surface area (Å²) >= 11 is 0. The van der Waals surface area contributed by atoms with Crippen molar-refractivity contribution in [1.82, 2.24) is 4.90 Å². The Morgan fingerprint density at radius 3 is 2.50 bits per heavy atom. The van der Waals surface area contributed by atoms with E-state index >= 15 is 0 Å². The van der Waals surface area contributed by atoms with Crippen LogP contribution >= 0.6 is 0 Å². The Morgan fingerprint density at radius 2 is 2.10 bits per heavy atom. The Morgan fingerprint density at radius 1 is 1.40 bits per heavy atom. The molecule has 0 N–H and O–H groups in total. The third kappa shape index (κ3) is 1.60. The van der Waals surface area contributed by atoms with Gasteiger partial charge < -0.3 is 4.90 Å². The van der Waals surface area contributed by atoms with Gasteiger partial charge in [0.15, 0.2) is 0 Å². The molecule has 0 aromatic carbocycles. The molecule has 0 heterocycles. The normalized spacial score (nSPS) is 27.5. The topological polar surface area (TPSA) is 3.24 Å². The Kier molecular flexibility index (Phi) is 2.50. The second-order valence-corrected chi connectivity index (χ2v) is 3.38. The van der Waals surface area contributed by atoms with Gasteiger partial charge in [0, 0.05) is 6.04 Å². The molecule has 0 spiro atoms. The van der Waals surface area contributed by atoms with Gasteiger partial charge in [-0.2, -0.15) is 0 Å². The lowest BCUT2D eigenvalue weighted by atomic mass is 9.90. The van der Waals surface area contributed by atoms with E-state index in [4.69, 9.17) is 0 Å². The van der Waals surface area contributed by atoms with Crippen molar-refractivity contribution in [2.75, 3.05) is 14.1 Å². The van der Waals surface area contributed by atoms with Crippen molar-refractivity contribution < 1.29 is 0 Å². The number of likely N-dealkylation sites (N-methyl/N-ethyl adjacent to an activating group) is 1. The van der Waals surface area contributed by atoms with Gasteiger partial charge in [0.2, 0.25) is 0 Å². The highest BCUT2D eigenvalue weighted by Gasteiger charge is 2.17. The van der Waals surface area contributed by atoms with E-state index in [9.17, 15) is 0 Å². The fraction of sp³-hybridized carbons (Fsp3) is 0.778. The Bertz CT molecular complexity index is 127. The zero-order valence-corrected chi connectivity index (χ0v) is 7.06. The predicted molar refractivity (Wildman–Crippen MR) is 45.1 cm³/mol. The van der Waals surface area contributed by atoms with Crippen LogP contribution in [0.5, 0.6) is 0 Å². The summed E-state index contributed by atoms with van der Waals surface area (Å²) < 4.78 is 0. The molecule has 1 rings (SSSR count). The lowest BCUT2D eigenvalue weighted by molar-refractivity contribution is 0.284. The summed E-state index contributed by atoms with van der Waals surface area (Å²) in [6.07, 6.45) is 5.28. The first kappa shape index (κ1) is 7.80. The standard InChI is InChI=1S/C9H17N/c1-8-6-4-5-7-9(8)10(2)3/h9H,1,4-7H2,2-3H3. The molecule has 0 bridgehead atoms. The van der Waals surface area contributed by atoms with Gasteiger partial charge in [-0.3, -0.25) is 0 Å². The molecule has 58 valence electrons. The summed E-state index contributed by atoms with van der Waals surface area (Å²) in [7, 11) is 4.28. The average Bonchev–Trinajstić information content (AvgIpc) is 1.88. The fourth-order valence-corrected chi connectivity index (χ4v) is 1.68. The monoisotopic (exact) mass is 139 g/mol. The summed E-state index contributed by atoms with van der Waals surface area (Å²) in [4.78, 5) is 2.28. The maximum Gasteiger partial charge on any atom is 0.0298 e. The van der Waals surface area contributed by atoms with Crippen LogP contribution in [0.3, 0.4) is 0 Å². The van der Waals surface area contributed by atoms with Crippen LogP contribution in [0.25, 0.3) is 0 Å². The number of nitrogens with zero attached hydrogens (tertiary/aromatic N) is 1. The van der Waals surface area contributed by atoms with Gasteiger partial charge in [0.25, 0.3) is 0 Å². The van der Waals surface area contributed by atoms with Gasteiger partial charge in [0.1, 0.15) is 0 Å². The van der Waals surface area contributed by atoms with Crippen molar-refractivity contribution in [1.29, 1.82) is 0 Å². The molecule has 10 heavy (non-hydrogen) atoms. The Hall–Kier alpha value is -0.300. The van der Waals surface area contributed by atoms with E-state index in [-0.39, 0.29) is 0 Å². The summed E-state index contributed by atoms with van der Waals surface area (Å²) in [6, 6.07) is 0.661. The van der Waals surface area contributed by atoms with Crippen molar-refractivity contribution >= 4 is 0 Å². The van der Waals surface area contributed by atoms with E-state index in [1.807, 2.05) is 0 Å². The van der Waals surface area contributed by atoms with Crippen LogP contribution in [0.1, 0.15) is 25.7 Å². The van der Waals surface area contributed by atoms with Gasteiger partial charge in [-0.05, 0) is 33.4 Å². The van der Waals surface area contributed by atoms with E-state index in [2.05, 4.69) is 25.6 Å². The molecule has 1 aliphatic rings. The van der Waals surface area contributed by atoms with Crippen LogP contribution in [0.4, 0.5) is 0 Å². The van der Waals surface area contributed by atoms with E-state index in [1.54, 1.807) is 0 Å². The summed E-state index contributed by atoms with van der Waals surface area (Å²) in [5.74, 6) is 0. The van der Waals surface area contributed by atoms with E-state index in [1.165, 1.54) is 31.3 Å². The summed E-state index contributed by atoms with van der Waals surface area (Å²) in [6.45, 7) is 4.08. The highest BCUT2D eigenvalue weighted by atomic mass is 15.1. The third-order valence-electron chi connectivity index (χ3n) is 2.32. The molecule has 1 fully saturated rings. The predicted octanol–water partition coefficient (Wildman–Crippen LogP) is 2.05. The van der Waals surface area contributed by atoms with Gasteiger partial charge in [-0.1, -0.05) is 18.6 Å². The molecule has 0 radical (unpaired) electrons. The first-order chi connectivity index (χ1) is 4.72. The highest BCUT2D eigenvalue weighted by Crippen LogP contribution is 2.24. The zero-order valence-electron chi connectivity index (χ0n) is 7.06. The van der Waals surface area contributed by atoms with Gasteiger partial charge in [0.05, 0.1) is 0 Å². The highest BCUT2D eigenvalue weighted by molar-refractivity contribution is 5.07. The summed E-state index contributed by atoms with van der Waals surface area (Å²) in [5, 5.41) is 0. The van der Waals surface area contributed by atoms with Crippen LogP contribution in [-0.2, 0) is 0 Å². The maximum absolute atomic E-state index is 4.08. The molecular weight excluding hydrogens is 122 g/mol. The molecule has 0 aromatic rings. The molecule has 0 saturated heterocycles. The number of hydrogen-bond acceptors (Lipinski definition) is 1. The van der Waals surface area contributed by atoms with E-state index in [0.717, 1.165) is 0 Å². The van der Waals surface area contributed by atoms with Crippen molar-refractivity contribution in [3.63, 3.8) is 0 Å². The molecule has 0 aromatic heterocycles. The van der Waals surface area contributed by atoms with Crippen molar-refractivity contribution in [2.45, 2.75) is 31.7 Å². The van der Waals surface area contributed by atoms with Crippen LogP contribution in [0, 0.1) is 0 Å². The quantitative estimate of drug-likeness (QED) is 0.502. The average molecular weight is 139 g/mol. The SMILES string of the molecule is C=C1CCCCC1N(C)C. The fourth-order valence-electron chi connectivity index (χ4n) is 1.68. The minimum Gasteiger partial charge on any atom is -0.303 e. The van der Waals surface area contributed by atoms with Crippen molar-refractivity contribution in [2.24, 2.45) is 0 Å². The zero-order chi connectivity index (χ0) is 7.56. The Labute approximate surface area is 63.7 Å². The van der Waals surface area contributed by atoms with Gasteiger partial charge in [-0.25, -0.2) is 0 Å². The van der Waals surface area contributed by atoms with Crippen molar-refractivity contribution in [3.05, 3.63) is 12.2 Å². The van der Waals surface area contributed by atoms with Gasteiger partial charge >= 0.3 is 0 Å². The molecule has 1 heteroatoms. The van der Waals surface area contributed by atoms with Crippen LogP contribution in [0.15, 0.2) is 12.2 Å². The molecule has 1 unspecified atom stereocenters. The minimum atomic E-state index is 0.661. The smallest absolute Gasteiger partial charge is 0.0298 e. The Balaban J connectivity index is 2.48.